The number of hydrogen-bond donors (Lipinski definition) is 3. The maximum absolute atomic E-state index is 5.28. The summed E-state index contributed by atoms with van der Waals surface area (Å²) in [5.41, 5.74) is 3.64. The number of halogens is 1. The summed E-state index contributed by atoms with van der Waals surface area (Å²) in [5.74, 6) is 11.0. The molecule has 0 bridgehead atoms. The average molecular weight is 263 g/mol. The molecule has 0 aliphatic heterocycles. The maximum Gasteiger partial charge on any atom is 0.177 e. The van der Waals surface area contributed by atoms with Gasteiger partial charge in [0, 0.05) is 9.85 Å². The van der Waals surface area contributed by atoms with Crippen molar-refractivity contribution in [1.29, 1.82) is 0 Å². The number of nitrogens with zero attached hydrogens (tertiary/aromatic N) is 1. The van der Waals surface area contributed by atoms with Crippen molar-refractivity contribution in [2.24, 2.45) is 16.8 Å². The molecule has 4 nitrogen and oxygen atoms in total. The highest BCUT2D eigenvalue weighted by atomic mass is 79.9. The third kappa shape index (κ3) is 2.01. The van der Waals surface area contributed by atoms with E-state index in [4.69, 9.17) is 11.7 Å². The molecule has 0 aromatic carbocycles. The molecule has 1 aromatic rings. The van der Waals surface area contributed by atoms with Crippen LogP contribution in [0.2, 0.25) is 0 Å². The predicted octanol–water partition coefficient (Wildman–Crippen LogP) is 1.16. The first-order valence-corrected chi connectivity index (χ1v) is 5.42. The molecule has 6 heteroatoms. The van der Waals surface area contributed by atoms with Crippen LogP contribution in [0.1, 0.15) is 17.4 Å². The van der Waals surface area contributed by atoms with Crippen LogP contribution in [0.5, 0.6) is 0 Å². The Kier molecular flexibility index (Phi) is 3.71. The van der Waals surface area contributed by atoms with Crippen LogP contribution < -0.4 is 17.1 Å². The molecule has 0 saturated heterocycles. The van der Waals surface area contributed by atoms with E-state index in [1.807, 2.05) is 5.38 Å². The fourth-order valence-corrected chi connectivity index (χ4v) is 2.92. The number of hydrazone groups is 1. The number of nitrogens with one attached hydrogen (secondary N) is 1. The zero-order valence-electron chi connectivity index (χ0n) is 7.17. The quantitative estimate of drug-likeness (QED) is 0.324. The fourth-order valence-electron chi connectivity index (χ4n) is 1.05. The second-order valence-corrected chi connectivity index (χ2v) is 4.10. The topological polar surface area (TPSA) is 76.4 Å². The van der Waals surface area contributed by atoms with Gasteiger partial charge in [-0.3, -0.25) is 0 Å². The zero-order valence-corrected chi connectivity index (χ0v) is 9.58. The minimum atomic E-state index is 0.521. The minimum absolute atomic E-state index is 0.521. The summed E-state index contributed by atoms with van der Waals surface area (Å²) in [6.45, 7) is 2.07. The smallest absolute Gasteiger partial charge is 0.177 e. The van der Waals surface area contributed by atoms with E-state index in [1.54, 1.807) is 11.3 Å². The highest BCUT2D eigenvalue weighted by molar-refractivity contribution is 9.10. The van der Waals surface area contributed by atoms with Gasteiger partial charge in [0.05, 0.1) is 4.88 Å². The Balaban J connectivity index is 3.13. The number of hydrazine groups is 1. The molecule has 0 amide bonds. The first-order chi connectivity index (χ1) is 6.24. The molecule has 13 heavy (non-hydrogen) atoms. The monoisotopic (exact) mass is 262 g/mol. The van der Waals surface area contributed by atoms with Gasteiger partial charge in [0.1, 0.15) is 0 Å². The molecule has 0 radical (unpaired) electrons. The minimum Gasteiger partial charge on any atom is -0.321 e. The summed E-state index contributed by atoms with van der Waals surface area (Å²) in [6, 6.07) is 0. The van der Waals surface area contributed by atoms with E-state index in [9.17, 15) is 0 Å². The van der Waals surface area contributed by atoms with Crippen LogP contribution in [0, 0.1) is 0 Å². The van der Waals surface area contributed by atoms with Crippen molar-refractivity contribution in [1.82, 2.24) is 5.43 Å². The summed E-state index contributed by atoms with van der Waals surface area (Å²) < 4.78 is 1.08. The van der Waals surface area contributed by atoms with E-state index in [1.165, 1.54) is 5.56 Å². The van der Waals surface area contributed by atoms with Crippen LogP contribution >= 0.6 is 27.3 Å². The molecule has 0 atom stereocenters. The molecule has 5 N–H and O–H groups in total. The highest BCUT2D eigenvalue weighted by Crippen LogP contribution is 2.27. The van der Waals surface area contributed by atoms with Gasteiger partial charge in [-0.1, -0.05) is 6.92 Å². The lowest BCUT2D eigenvalue weighted by molar-refractivity contribution is 1.00. The highest BCUT2D eigenvalue weighted by Gasteiger charge is 2.12. The zero-order chi connectivity index (χ0) is 9.84. The Labute approximate surface area is 89.1 Å². The molecule has 0 fully saturated rings. The molecule has 0 unspecified atom stereocenters. The summed E-state index contributed by atoms with van der Waals surface area (Å²) >= 11 is 5.01. The number of hydrogen-bond acceptors (Lipinski definition) is 4. The van der Waals surface area contributed by atoms with Gasteiger partial charge in [-0.05, 0) is 27.9 Å². The third-order valence-corrected chi connectivity index (χ3v) is 3.72. The van der Waals surface area contributed by atoms with Gasteiger partial charge in [-0.2, -0.15) is 5.10 Å². The maximum atomic E-state index is 5.28. The largest absolute Gasteiger partial charge is 0.321 e. The van der Waals surface area contributed by atoms with Gasteiger partial charge in [0.25, 0.3) is 0 Å². The molecule has 72 valence electrons. The average Bonchev–Trinajstić information content (AvgIpc) is 2.50. The number of amidine groups is 1. The van der Waals surface area contributed by atoms with Crippen molar-refractivity contribution in [3.8, 4) is 0 Å². The van der Waals surface area contributed by atoms with Crippen LogP contribution in [-0.4, -0.2) is 5.84 Å². The Morgan fingerprint density at radius 3 is 2.92 bits per heavy atom. The molecule has 1 aromatic heterocycles. The van der Waals surface area contributed by atoms with Gasteiger partial charge < -0.3 is 11.3 Å². The first-order valence-electron chi connectivity index (χ1n) is 3.75. The van der Waals surface area contributed by atoms with Crippen LogP contribution in [0.25, 0.3) is 0 Å². The Bertz CT molecular complexity index is 320. The summed E-state index contributed by atoms with van der Waals surface area (Å²) in [4.78, 5) is 0.986. The standard InChI is InChI=1S/C7H11BrN4S/c1-2-4-5(8)3-13-6(4)7(11-9)12-10/h3H,2,9-10H2,1H3,(H,11,12). The van der Waals surface area contributed by atoms with E-state index < -0.39 is 0 Å². The molecule has 1 rings (SSSR count). The molecular weight excluding hydrogens is 252 g/mol. The van der Waals surface area contributed by atoms with Crippen LogP contribution in [-0.2, 0) is 6.42 Å². The predicted molar refractivity (Wildman–Crippen MR) is 59.4 cm³/mol. The molecule has 0 aliphatic carbocycles. The molecular formula is C7H11BrN4S. The van der Waals surface area contributed by atoms with E-state index >= 15 is 0 Å². The van der Waals surface area contributed by atoms with Gasteiger partial charge in [0.2, 0.25) is 0 Å². The van der Waals surface area contributed by atoms with Crippen LogP contribution in [0.3, 0.4) is 0 Å². The van der Waals surface area contributed by atoms with Gasteiger partial charge in [-0.15, -0.1) is 11.3 Å². The summed E-state index contributed by atoms with van der Waals surface area (Å²) in [7, 11) is 0. The first kappa shape index (κ1) is 10.5. The Hall–Kier alpha value is -0.590. The van der Waals surface area contributed by atoms with Crippen molar-refractivity contribution in [3.05, 3.63) is 20.3 Å². The van der Waals surface area contributed by atoms with E-state index in [2.05, 4.69) is 33.4 Å². The number of nitrogens with two attached hydrogens (primary N) is 2. The van der Waals surface area contributed by atoms with Gasteiger partial charge >= 0.3 is 0 Å². The molecule has 0 saturated carbocycles. The van der Waals surface area contributed by atoms with Crippen LogP contribution in [0.15, 0.2) is 15.0 Å². The van der Waals surface area contributed by atoms with E-state index in [0.29, 0.717) is 5.84 Å². The summed E-state index contributed by atoms with van der Waals surface area (Å²) in [6.07, 6.45) is 0.917. The third-order valence-electron chi connectivity index (χ3n) is 1.68. The second kappa shape index (κ2) is 4.59. The second-order valence-electron chi connectivity index (χ2n) is 2.37. The molecule has 1 heterocycles. The molecule has 0 spiro atoms. The lowest BCUT2D eigenvalue weighted by Crippen LogP contribution is -2.32. The number of rotatable bonds is 2. The molecule has 0 aliphatic rings. The number of thiophene rings is 1. The van der Waals surface area contributed by atoms with Crippen molar-refractivity contribution >= 4 is 33.1 Å². The SMILES string of the molecule is CCc1c(Br)csc1/C(=N/N)NN. The van der Waals surface area contributed by atoms with Crippen molar-refractivity contribution < 1.29 is 0 Å². The lowest BCUT2D eigenvalue weighted by Gasteiger charge is -2.03. The Morgan fingerprint density at radius 1 is 1.77 bits per heavy atom. The van der Waals surface area contributed by atoms with Crippen molar-refractivity contribution in [2.45, 2.75) is 13.3 Å². The van der Waals surface area contributed by atoms with E-state index in [0.717, 1.165) is 15.8 Å². The van der Waals surface area contributed by atoms with Crippen LogP contribution in [0.4, 0.5) is 0 Å². The van der Waals surface area contributed by atoms with Crippen molar-refractivity contribution in [3.63, 3.8) is 0 Å². The van der Waals surface area contributed by atoms with Gasteiger partial charge in [0.15, 0.2) is 5.84 Å². The van der Waals surface area contributed by atoms with Crippen molar-refractivity contribution in [2.75, 3.05) is 0 Å². The van der Waals surface area contributed by atoms with Gasteiger partial charge in [-0.25, -0.2) is 5.84 Å². The van der Waals surface area contributed by atoms with E-state index in [-0.39, 0.29) is 0 Å². The lowest BCUT2D eigenvalue weighted by atomic mass is 10.2. The fraction of sp³-hybridized carbons (Fsp3) is 0.286. The summed E-state index contributed by atoms with van der Waals surface area (Å²) in [5, 5.41) is 5.57. The normalized spacial score (nSPS) is 11.8. The Morgan fingerprint density at radius 2 is 2.46 bits per heavy atom.